The van der Waals surface area contributed by atoms with E-state index in [-0.39, 0.29) is 16.0 Å². The van der Waals surface area contributed by atoms with Gasteiger partial charge in [0.1, 0.15) is 0 Å². The first-order valence-corrected chi connectivity index (χ1v) is 8.39. The largest absolute Gasteiger partial charge is 0.396 e. The topological polar surface area (TPSA) is 75.4 Å². The summed E-state index contributed by atoms with van der Waals surface area (Å²) >= 11 is 0. The molecule has 1 aromatic rings. The minimum atomic E-state index is -3.30. The Morgan fingerprint density at radius 2 is 1.90 bits per heavy atom. The third-order valence-electron chi connectivity index (χ3n) is 2.97. The molecule has 0 aliphatic rings. The zero-order chi connectivity index (χ0) is 15.6. The summed E-state index contributed by atoms with van der Waals surface area (Å²) in [4.78, 5) is 2.30. The van der Waals surface area contributed by atoms with Crippen LogP contribution in [0.3, 0.4) is 0 Å². The molecule has 5 nitrogen and oxygen atoms in total. The molecule has 114 valence electrons. The number of hydrogen-bond donors (Lipinski definition) is 2. The van der Waals surface area contributed by atoms with Gasteiger partial charge in [0.2, 0.25) is 0 Å². The van der Waals surface area contributed by atoms with E-state index in [9.17, 15) is 8.42 Å². The maximum absolute atomic E-state index is 11.6. The van der Waals surface area contributed by atoms with Crippen LogP contribution in [0.15, 0.2) is 23.1 Å². The zero-order valence-electron chi connectivity index (χ0n) is 12.9. The van der Waals surface area contributed by atoms with Gasteiger partial charge < -0.3 is 16.0 Å². The molecule has 0 aromatic heterocycles. The molecule has 0 amide bonds. The van der Waals surface area contributed by atoms with Crippen molar-refractivity contribution in [3.05, 3.63) is 18.2 Å². The number of sulfone groups is 1. The number of nitrogens with two attached hydrogens (primary N) is 1. The summed E-state index contributed by atoms with van der Waals surface area (Å²) in [6.45, 7) is 5.93. The first kappa shape index (κ1) is 16.8. The second-order valence-electron chi connectivity index (χ2n) is 6.25. The normalized spacial score (nSPS) is 12.7. The van der Waals surface area contributed by atoms with Crippen molar-refractivity contribution in [2.24, 2.45) is 5.41 Å². The van der Waals surface area contributed by atoms with Crippen molar-refractivity contribution in [3.63, 3.8) is 0 Å². The summed E-state index contributed by atoms with van der Waals surface area (Å²) in [5.41, 5.74) is 6.95. The van der Waals surface area contributed by atoms with E-state index in [4.69, 9.17) is 5.73 Å². The smallest absolute Gasteiger partial charge is 0.177 e. The summed E-state index contributed by atoms with van der Waals surface area (Å²) in [7, 11) is 0.754. The van der Waals surface area contributed by atoms with E-state index in [1.54, 1.807) is 12.1 Å². The van der Waals surface area contributed by atoms with E-state index >= 15 is 0 Å². The van der Waals surface area contributed by atoms with Gasteiger partial charge in [-0.2, -0.15) is 0 Å². The van der Waals surface area contributed by atoms with E-state index in [0.29, 0.717) is 12.2 Å². The van der Waals surface area contributed by atoms with Crippen LogP contribution in [-0.4, -0.2) is 46.8 Å². The first-order chi connectivity index (χ1) is 9.03. The molecule has 0 unspecified atom stereocenters. The summed E-state index contributed by atoms with van der Waals surface area (Å²) in [5.74, 6) is 0. The standard InChI is InChI=1S/C14H25N3O2S/c1-14(2,10-17(3)4)9-16-11-7-6-8-12(13(11)15)20(5,18)19/h6-8,16H,9-10,15H2,1-5H3. The highest BCUT2D eigenvalue weighted by atomic mass is 32.2. The third-order valence-corrected chi connectivity index (χ3v) is 4.12. The molecule has 0 spiro atoms. The maximum atomic E-state index is 11.6. The molecule has 0 fully saturated rings. The van der Waals surface area contributed by atoms with Crippen LogP contribution in [0.5, 0.6) is 0 Å². The molecule has 1 rings (SSSR count). The average Bonchev–Trinajstić information content (AvgIpc) is 2.24. The van der Waals surface area contributed by atoms with Gasteiger partial charge in [0, 0.05) is 19.3 Å². The lowest BCUT2D eigenvalue weighted by Gasteiger charge is -2.29. The Morgan fingerprint density at radius 1 is 1.30 bits per heavy atom. The summed E-state index contributed by atoms with van der Waals surface area (Å²) in [5, 5.41) is 3.25. The number of rotatable bonds is 6. The number of anilines is 2. The van der Waals surface area contributed by atoms with Crippen molar-refractivity contribution in [3.8, 4) is 0 Å². The molecule has 0 bridgehead atoms. The van der Waals surface area contributed by atoms with Crippen LogP contribution in [0.2, 0.25) is 0 Å². The minimum Gasteiger partial charge on any atom is -0.396 e. The highest BCUT2D eigenvalue weighted by Crippen LogP contribution is 2.28. The number of para-hydroxylation sites is 1. The number of hydrogen-bond acceptors (Lipinski definition) is 5. The van der Waals surface area contributed by atoms with E-state index in [0.717, 1.165) is 6.54 Å². The average molecular weight is 299 g/mol. The fourth-order valence-corrected chi connectivity index (χ4v) is 3.10. The fraction of sp³-hybridized carbons (Fsp3) is 0.571. The lowest BCUT2D eigenvalue weighted by atomic mass is 9.93. The van der Waals surface area contributed by atoms with E-state index in [1.807, 2.05) is 14.1 Å². The molecule has 1 aromatic carbocycles. The zero-order valence-corrected chi connectivity index (χ0v) is 13.7. The van der Waals surface area contributed by atoms with Gasteiger partial charge in [-0.1, -0.05) is 19.9 Å². The van der Waals surface area contributed by atoms with Crippen LogP contribution in [0.25, 0.3) is 0 Å². The quantitative estimate of drug-likeness (QED) is 0.782. The minimum absolute atomic E-state index is 0.0526. The fourth-order valence-electron chi connectivity index (χ4n) is 2.27. The highest BCUT2D eigenvalue weighted by molar-refractivity contribution is 7.90. The first-order valence-electron chi connectivity index (χ1n) is 6.50. The molecule has 0 aliphatic heterocycles. The van der Waals surface area contributed by atoms with Crippen molar-refractivity contribution in [2.45, 2.75) is 18.7 Å². The number of benzene rings is 1. The van der Waals surface area contributed by atoms with Crippen molar-refractivity contribution < 1.29 is 8.42 Å². The molecule has 3 N–H and O–H groups in total. The van der Waals surface area contributed by atoms with Crippen molar-refractivity contribution in [1.82, 2.24) is 4.90 Å². The van der Waals surface area contributed by atoms with Crippen LogP contribution >= 0.6 is 0 Å². The Balaban J connectivity index is 2.90. The van der Waals surface area contributed by atoms with Gasteiger partial charge in [-0.3, -0.25) is 0 Å². The molecule has 0 radical (unpaired) electrons. The van der Waals surface area contributed by atoms with Crippen molar-refractivity contribution in [2.75, 3.05) is 44.5 Å². The number of nitrogens with one attached hydrogen (secondary N) is 1. The molecule has 0 atom stereocenters. The third kappa shape index (κ3) is 4.68. The van der Waals surface area contributed by atoms with Crippen LogP contribution in [0.1, 0.15) is 13.8 Å². The van der Waals surface area contributed by atoms with Crippen LogP contribution in [-0.2, 0) is 9.84 Å². The Hall–Kier alpha value is -1.27. The molecular weight excluding hydrogens is 274 g/mol. The SMILES string of the molecule is CN(C)CC(C)(C)CNc1cccc(S(C)(=O)=O)c1N. The lowest BCUT2D eigenvalue weighted by molar-refractivity contribution is 0.254. The van der Waals surface area contributed by atoms with E-state index < -0.39 is 9.84 Å². The summed E-state index contributed by atoms with van der Waals surface area (Å²) in [6.07, 6.45) is 1.17. The second-order valence-corrected chi connectivity index (χ2v) is 8.23. The summed E-state index contributed by atoms with van der Waals surface area (Å²) in [6, 6.07) is 5.03. The van der Waals surface area contributed by atoms with Gasteiger partial charge in [-0.25, -0.2) is 8.42 Å². The van der Waals surface area contributed by atoms with Gasteiger partial charge in [-0.15, -0.1) is 0 Å². The lowest BCUT2D eigenvalue weighted by Crippen LogP contribution is -2.34. The highest BCUT2D eigenvalue weighted by Gasteiger charge is 2.20. The van der Waals surface area contributed by atoms with Crippen LogP contribution in [0.4, 0.5) is 11.4 Å². The molecule has 20 heavy (non-hydrogen) atoms. The van der Waals surface area contributed by atoms with Crippen LogP contribution in [0, 0.1) is 5.41 Å². The predicted octanol–water partition coefficient (Wildman–Crippen LogP) is 1.67. The predicted molar refractivity (Wildman–Crippen MR) is 84.8 cm³/mol. The number of nitrogens with zero attached hydrogens (tertiary/aromatic N) is 1. The molecule has 0 saturated heterocycles. The van der Waals surface area contributed by atoms with Crippen LogP contribution < -0.4 is 11.1 Å². The van der Waals surface area contributed by atoms with Crippen molar-refractivity contribution in [1.29, 1.82) is 0 Å². The second kappa shape index (κ2) is 6.01. The van der Waals surface area contributed by atoms with Gasteiger partial charge in [0.05, 0.1) is 16.3 Å². The Kier molecular flexibility index (Phi) is 5.05. The van der Waals surface area contributed by atoms with Gasteiger partial charge >= 0.3 is 0 Å². The van der Waals surface area contributed by atoms with E-state index in [2.05, 4.69) is 24.1 Å². The van der Waals surface area contributed by atoms with E-state index in [1.165, 1.54) is 12.3 Å². The number of nitrogen functional groups attached to an aromatic ring is 1. The Morgan fingerprint density at radius 3 is 2.40 bits per heavy atom. The van der Waals surface area contributed by atoms with Gasteiger partial charge in [0.15, 0.2) is 9.84 Å². The maximum Gasteiger partial charge on any atom is 0.177 e. The molecular formula is C14H25N3O2S. The molecule has 0 saturated carbocycles. The van der Waals surface area contributed by atoms with Crippen molar-refractivity contribution >= 4 is 21.2 Å². The van der Waals surface area contributed by atoms with Gasteiger partial charge in [-0.05, 0) is 31.6 Å². The molecule has 0 aliphatic carbocycles. The summed E-state index contributed by atoms with van der Waals surface area (Å²) < 4.78 is 23.3. The Bertz CT molecular complexity index is 566. The van der Waals surface area contributed by atoms with Gasteiger partial charge in [0.25, 0.3) is 0 Å². The molecule has 6 heteroatoms. The monoisotopic (exact) mass is 299 g/mol. The molecule has 0 heterocycles. The Labute approximate surface area is 122 Å².